The van der Waals surface area contributed by atoms with E-state index < -0.39 is 9.84 Å². The number of hydrogen-bond acceptors (Lipinski definition) is 3. The average Bonchev–Trinajstić information content (AvgIpc) is 2.26. The first-order valence-corrected chi connectivity index (χ1v) is 9.23. The maximum atomic E-state index is 11.3. The van der Waals surface area contributed by atoms with Gasteiger partial charge in [-0.15, -0.1) is 11.8 Å². The molecule has 5 heteroatoms. The van der Waals surface area contributed by atoms with Crippen LogP contribution in [0.2, 0.25) is 0 Å². The largest absolute Gasteiger partial charge is 0.224 e. The first-order valence-electron chi connectivity index (χ1n) is 5.23. The number of thioether (sulfide) groups is 1. The average molecular weight is 337 g/mol. The molecular weight excluding hydrogens is 320 g/mol. The van der Waals surface area contributed by atoms with E-state index in [1.165, 1.54) is 6.26 Å². The fraction of sp³-hybridized carbons (Fsp3) is 0.500. The number of hydrogen-bond donors (Lipinski definition) is 0. The number of benzene rings is 1. The van der Waals surface area contributed by atoms with Crippen LogP contribution in [0.3, 0.4) is 0 Å². The molecule has 0 fully saturated rings. The molecule has 17 heavy (non-hydrogen) atoms. The minimum atomic E-state index is -3.08. The van der Waals surface area contributed by atoms with Gasteiger partial charge in [-0.05, 0) is 29.7 Å². The third-order valence-electron chi connectivity index (χ3n) is 2.24. The fourth-order valence-corrected chi connectivity index (χ4v) is 3.18. The van der Waals surface area contributed by atoms with Crippen molar-refractivity contribution < 1.29 is 8.42 Å². The van der Waals surface area contributed by atoms with Gasteiger partial charge in [-0.25, -0.2) is 8.42 Å². The highest BCUT2D eigenvalue weighted by Crippen LogP contribution is 2.29. The molecule has 96 valence electrons. The first kappa shape index (κ1) is 15.1. The van der Waals surface area contributed by atoms with Crippen LogP contribution >= 0.6 is 27.7 Å². The molecule has 0 radical (unpaired) electrons. The van der Waals surface area contributed by atoms with Crippen molar-refractivity contribution in [2.45, 2.75) is 23.6 Å². The number of halogens is 1. The summed E-state index contributed by atoms with van der Waals surface area (Å²) >= 11 is 5.24. The van der Waals surface area contributed by atoms with Crippen LogP contribution in [0.25, 0.3) is 0 Å². The number of rotatable bonds is 5. The van der Waals surface area contributed by atoms with Gasteiger partial charge in [0.15, 0.2) is 9.84 Å². The summed E-state index contributed by atoms with van der Waals surface area (Å²) in [5.74, 6) is 0.996. The van der Waals surface area contributed by atoms with Gasteiger partial charge in [-0.2, -0.15) is 0 Å². The Morgan fingerprint density at radius 2 is 1.76 bits per heavy atom. The van der Waals surface area contributed by atoms with Gasteiger partial charge in [0.2, 0.25) is 0 Å². The van der Waals surface area contributed by atoms with Gasteiger partial charge in [-0.1, -0.05) is 29.8 Å². The van der Waals surface area contributed by atoms with Crippen molar-refractivity contribution in [1.82, 2.24) is 0 Å². The highest BCUT2D eigenvalue weighted by atomic mass is 79.9. The van der Waals surface area contributed by atoms with Crippen LogP contribution in [0.15, 0.2) is 34.1 Å². The van der Waals surface area contributed by atoms with Crippen molar-refractivity contribution in [1.29, 1.82) is 0 Å². The van der Waals surface area contributed by atoms with Crippen molar-refractivity contribution in [3.63, 3.8) is 0 Å². The summed E-state index contributed by atoms with van der Waals surface area (Å²) in [5.41, 5.74) is 0.236. The summed E-state index contributed by atoms with van der Waals surface area (Å²) in [6, 6.07) is 7.06. The minimum absolute atomic E-state index is 0.236. The summed E-state index contributed by atoms with van der Waals surface area (Å²) in [6.45, 7) is 4.39. The molecule has 1 aromatic carbocycles. The second kappa shape index (κ2) is 5.76. The summed E-state index contributed by atoms with van der Waals surface area (Å²) in [6.07, 6.45) is 1.23. The van der Waals surface area contributed by atoms with E-state index in [2.05, 4.69) is 29.8 Å². The van der Waals surface area contributed by atoms with Crippen molar-refractivity contribution >= 4 is 37.5 Å². The predicted octanol–water partition coefficient (Wildman–Crippen LogP) is 3.60. The quantitative estimate of drug-likeness (QED) is 0.608. The Kier molecular flexibility index (Phi) is 5.10. The normalized spacial score (nSPS) is 12.7. The summed E-state index contributed by atoms with van der Waals surface area (Å²) < 4.78 is 22.6. The predicted molar refractivity (Wildman–Crippen MR) is 77.9 cm³/mol. The summed E-state index contributed by atoms with van der Waals surface area (Å²) in [5, 5.41) is 0.953. The number of alkyl halides is 1. The lowest BCUT2D eigenvalue weighted by Gasteiger charge is -2.20. The van der Waals surface area contributed by atoms with E-state index in [9.17, 15) is 8.42 Å². The lowest BCUT2D eigenvalue weighted by Crippen LogP contribution is -2.15. The first-order chi connectivity index (χ1) is 7.74. The van der Waals surface area contributed by atoms with Gasteiger partial charge in [0.1, 0.15) is 0 Å². The van der Waals surface area contributed by atoms with Gasteiger partial charge < -0.3 is 0 Å². The van der Waals surface area contributed by atoms with Crippen LogP contribution in [0.5, 0.6) is 0 Å². The molecule has 1 rings (SSSR count). The van der Waals surface area contributed by atoms with Gasteiger partial charge >= 0.3 is 0 Å². The monoisotopic (exact) mass is 336 g/mol. The molecule has 0 spiro atoms. The molecule has 0 saturated heterocycles. The molecule has 0 saturated carbocycles. The minimum Gasteiger partial charge on any atom is -0.224 e. The summed E-state index contributed by atoms with van der Waals surface area (Å²) in [4.78, 5) is 1.48. The maximum absolute atomic E-state index is 11.3. The van der Waals surface area contributed by atoms with Gasteiger partial charge in [0, 0.05) is 22.2 Å². The number of sulfone groups is 1. The Morgan fingerprint density at radius 3 is 2.18 bits per heavy atom. The third kappa shape index (κ3) is 5.02. The maximum Gasteiger partial charge on any atom is 0.175 e. The molecule has 0 atom stereocenters. The van der Waals surface area contributed by atoms with Crippen molar-refractivity contribution in [2.75, 3.05) is 17.3 Å². The molecule has 0 aliphatic rings. The van der Waals surface area contributed by atoms with E-state index in [1.54, 1.807) is 23.9 Å². The zero-order chi connectivity index (χ0) is 13.1. The fourth-order valence-electron chi connectivity index (χ4n) is 1.10. The Hall–Kier alpha value is -0.000000000000000111. The molecule has 0 aliphatic heterocycles. The van der Waals surface area contributed by atoms with Gasteiger partial charge in [-0.3, -0.25) is 0 Å². The molecular formula is C12H17BrO2S2. The molecule has 0 aliphatic carbocycles. The Bertz CT molecular complexity index is 464. The molecule has 1 aromatic rings. The van der Waals surface area contributed by atoms with Crippen LogP contribution in [-0.4, -0.2) is 25.8 Å². The molecule has 0 amide bonds. The highest BCUT2D eigenvalue weighted by molar-refractivity contribution is 9.09. The van der Waals surface area contributed by atoms with Gasteiger partial charge in [0.25, 0.3) is 0 Å². The topological polar surface area (TPSA) is 34.1 Å². The molecule has 0 aromatic heterocycles. The second-order valence-corrected chi connectivity index (χ2v) is 8.46. The molecule has 2 nitrogen and oxygen atoms in total. The lowest BCUT2D eigenvalue weighted by atomic mass is 10.0. The van der Waals surface area contributed by atoms with E-state index in [-0.39, 0.29) is 5.41 Å². The van der Waals surface area contributed by atoms with Crippen molar-refractivity contribution in [2.24, 2.45) is 5.41 Å². The Balaban J connectivity index is 2.70. The van der Waals surface area contributed by atoms with E-state index in [1.807, 2.05) is 12.1 Å². The van der Waals surface area contributed by atoms with Crippen molar-refractivity contribution in [3.8, 4) is 0 Å². The highest BCUT2D eigenvalue weighted by Gasteiger charge is 2.16. The van der Waals surface area contributed by atoms with E-state index in [0.717, 1.165) is 16.0 Å². The smallest absolute Gasteiger partial charge is 0.175 e. The molecule has 0 N–H and O–H groups in total. The Morgan fingerprint density at radius 1 is 1.24 bits per heavy atom. The van der Waals surface area contributed by atoms with Crippen LogP contribution in [0, 0.1) is 5.41 Å². The zero-order valence-electron chi connectivity index (χ0n) is 10.2. The SMILES string of the molecule is CC(C)(CBr)CSc1ccc(S(C)(=O)=O)cc1. The van der Waals surface area contributed by atoms with Crippen LogP contribution in [0.4, 0.5) is 0 Å². The van der Waals surface area contributed by atoms with Crippen molar-refractivity contribution in [3.05, 3.63) is 24.3 Å². The third-order valence-corrected chi connectivity index (χ3v) is 6.42. The van der Waals surface area contributed by atoms with Crippen LogP contribution in [-0.2, 0) is 9.84 Å². The van der Waals surface area contributed by atoms with Crippen LogP contribution in [0.1, 0.15) is 13.8 Å². The van der Waals surface area contributed by atoms with E-state index in [4.69, 9.17) is 0 Å². The standard InChI is InChI=1S/C12H17BrO2S2/c1-12(2,8-13)9-16-10-4-6-11(7-5-10)17(3,14)15/h4-7H,8-9H2,1-3H3. The second-order valence-electron chi connectivity index (χ2n) is 4.83. The van der Waals surface area contributed by atoms with Gasteiger partial charge in [0.05, 0.1) is 4.90 Å². The lowest BCUT2D eigenvalue weighted by molar-refractivity contribution is 0.496. The zero-order valence-corrected chi connectivity index (χ0v) is 13.5. The summed E-state index contributed by atoms with van der Waals surface area (Å²) in [7, 11) is -3.08. The molecule has 0 bridgehead atoms. The molecule has 0 heterocycles. The van der Waals surface area contributed by atoms with Crippen LogP contribution < -0.4 is 0 Å². The Labute approximate surface area is 116 Å². The van der Waals surface area contributed by atoms with E-state index >= 15 is 0 Å². The van der Waals surface area contributed by atoms with E-state index in [0.29, 0.717) is 4.90 Å². The molecule has 0 unspecified atom stereocenters.